The number of hydrogen-bond donors (Lipinski definition) is 2. The van der Waals surface area contributed by atoms with Gasteiger partial charge in [0.05, 0.1) is 5.56 Å². The standard InChI is InChI=1S/C17H15NO5/c1-10-14(17(21)22)4-3-5-15(10)18-16(20)12-6-8-13(9-7-12)23-11(2)19/h3-9H,1-2H3,(H,18,20)(H,21,22). The van der Waals surface area contributed by atoms with Crippen LogP contribution in [0, 0.1) is 6.92 Å². The van der Waals surface area contributed by atoms with Gasteiger partial charge < -0.3 is 15.2 Å². The molecule has 0 aliphatic rings. The van der Waals surface area contributed by atoms with E-state index in [1.807, 2.05) is 0 Å². The van der Waals surface area contributed by atoms with Gasteiger partial charge in [0, 0.05) is 18.2 Å². The van der Waals surface area contributed by atoms with Crippen molar-refractivity contribution in [3.8, 4) is 5.75 Å². The van der Waals surface area contributed by atoms with Crippen LogP contribution < -0.4 is 10.1 Å². The molecule has 0 spiro atoms. The normalized spacial score (nSPS) is 10.0. The van der Waals surface area contributed by atoms with Crippen LogP contribution in [-0.4, -0.2) is 23.0 Å². The largest absolute Gasteiger partial charge is 0.478 e. The van der Waals surface area contributed by atoms with Crippen molar-refractivity contribution in [3.05, 3.63) is 59.2 Å². The third kappa shape index (κ3) is 3.94. The maximum Gasteiger partial charge on any atom is 0.336 e. The molecule has 0 fully saturated rings. The van der Waals surface area contributed by atoms with Crippen molar-refractivity contribution in [2.45, 2.75) is 13.8 Å². The first-order chi connectivity index (χ1) is 10.9. The van der Waals surface area contributed by atoms with Crippen LogP contribution in [-0.2, 0) is 4.79 Å². The molecule has 6 nitrogen and oxygen atoms in total. The fourth-order valence-corrected chi connectivity index (χ4v) is 2.04. The predicted octanol–water partition coefficient (Wildman–Crippen LogP) is 2.87. The van der Waals surface area contributed by atoms with Crippen LogP contribution >= 0.6 is 0 Å². The number of carboxylic acids is 1. The van der Waals surface area contributed by atoms with E-state index < -0.39 is 11.9 Å². The summed E-state index contributed by atoms with van der Waals surface area (Å²) in [5.74, 6) is -1.53. The van der Waals surface area contributed by atoms with Gasteiger partial charge in [0.15, 0.2) is 0 Å². The van der Waals surface area contributed by atoms with Crippen LogP contribution in [0.15, 0.2) is 42.5 Å². The molecule has 0 atom stereocenters. The van der Waals surface area contributed by atoms with E-state index in [1.54, 1.807) is 19.1 Å². The summed E-state index contributed by atoms with van der Waals surface area (Å²) in [6.45, 7) is 2.92. The number of carbonyl (C=O) groups is 3. The molecular formula is C17H15NO5. The van der Waals surface area contributed by atoms with Crippen LogP contribution in [0.25, 0.3) is 0 Å². The average Bonchev–Trinajstić information content (AvgIpc) is 2.49. The second-order valence-electron chi connectivity index (χ2n) is 4.86. The van der Waals surface area contributed by atoms with Crippen molar-refractivity contribution >= 4 is 23.5 Å². The van der Waals surface area contributed by atoms with Crippen molar-refractivity contribution in [3.63, 3.8) is 0 Å². The number of esters is 1. The van der Waals surface area contributed by atoms with Gasteiger partial charge in [-0.15, -0.1) is 0 Å². The smallest absolute Gasteiger partial charge is 0.336 e. The number of hydrogen-bond acceptors (Lipinski definition) is 4. The van der Waals surface area contributed by atoms with E-state index in [1.165, 1.54) is 37.3 Å². The van der Waals surface area contributed by atoms with Gasteiger partial charge in [0.2, 0.25) is 0 Å². The summed E-state index contributed by atoms with van der Waals surface area (Å²) >= 11 is 0. The summed E-state index contributed by atoms with van der Waals surface area (Å²) in [6, 6.07) is 10.7. The van der Waals surface area contributed by atoms with E-state index in [-0.39, 0.29) is 11.5 Å². The lowest BCUT2D eigenvalue weighted by atomic mass is 10.1. The lowest BCUT2D eigenvalue weighted by molar-refractivity contribution is -0.131. The summed E-state index contributed by atoms with van der Waals surface area (Å²) in [4.78, 5) is 34.2. The van der Waals surface area contributed by atoms with Crippen molar-refractivity contribution in [2.75, 3.05) is 5.32 Å². The molecule has 2 aromatic carbocycles. The van der Waals surface area contributed by atoms with Gasteiger partial charge in [-0.2, -0.15) is 0 Å². The zero-order chi connectivity index (χ0) is 17.0. The van der Waals surface area contributed by atoms with Crippen LogP contribution in [0.1, 0.15) is 33.2 Å². The molecule has 0 aliphatic carbocycles. The number of benzene rings is 2. The van der Waals surface area contributed by atoms with Crippen LogP contribution in [0.5, 0.6) is 5.75 Å². The summed E-state index contributed by atoms with van der Waals surface area (Å²) < 4.78 is 4.89. The first kappa shape index (κ1) is 16.2. The fourth-order valence-electron chi connectivity index (χ4n) is 2.04. The molecule has 0 aromatic heterocycles. The van der Waals surface area contributed by atoms with Crippen LogP contribution in [0.3, 0.4) is 0 Å². The minimum Gasteiger partial charge on any atom is -0.478 e. The fraction of sp³-hybridized carbons (Fsp3) is 0.118. The molecule has 2 aromatic rings. The number of anilines is 1. The third-order valence-corrected chi connectivity index (χ3v) is 3.19. The number of rotatable bonds is 4. The third-order valence-electron chi connectivity index (χ3n) is 3.19. The zero-order valence-electron chi connectivity index (χ0n) is 12.6. The van der Waals surface area contributed by atoms with Crippen molar-refractivity contribution in [1.29, 1.82) is 0 Å². The van der Waals surface area contributed by atoms with Crippen molar-refractivity contribution < 1.29 is 24.2 Å². The molecule has 118 valence electrons. The first-order valence-electron chi connectivity index (χ1n) is 6.81. The Hall–Kier alpha value is -3.15. The predicted molar refractivity (Wildman–Crippen MR) is 83.8 cm³/mol. The van der Waals surface area contributed by atoms with E-state index in [2.05, 4.69) is 5.32 Å². The van der Waals surface area contributed by atoms with Crippen molar-refractivity contribution in [1.82, 2.24) is 0 Å². The highest BCUT2D eigenvalue weighted by Gasteiger charge is 2.13. The molecule has 2 N–H and O–H groups in total. The number of ether oxygens (including phenoxy) is 1. The SMILES string of the molecule is CC(=O)Oc1ccc(C(=O)Nc2cccc(C(=O)O)c2C)cc1. The lowest BCUT2D eigenvalue weighted by Gasteiger charge is -2.10. The highest BCUT2D eigenvalue weighted by molar-refractivity contribution is 6.05. The molecule has 6 heteroatoms. The highest BCUT2D eigenvalue weighted by atomic mass is 16.5. The molecule has 0 bridgehead atoms. The second-order valence-corrected chi connectivity index (χ2v) is 4.86. The molecule has 0 radical (unpaired) electrons. The molecule has 0 saturated carbocycles. The maximum atomic E-state index is 12.2. The Morgan fingerprint density at radius 2 is 1.70 bits per heavy atom. The minimum absolute atomic E-state index is 0.132. The van der Waals surface area contributed by atoms with Gasteiger partial charge >= 0.3 is 11.9 Å². The number of carbonyl (C=O) groups excluding carboxylic acids is 2. The average molecular weight is 313 g/mol. The molecular weight excluding hydrogens is 298 g/mol. The Balaban J connectivity index is 2.18. The Morgan fingerprint density at radius 1 is 1.04 bits per heavy atom. The Kier molecular flexibility index (Phi) is 4.75. The molecule has 0 saturated heterocycles. The van der Waals surface area contributed by atoms with Gasteiger partial charge in [-0.05, 0) is 48.9 Å². The number of nitrogens with one attached hydrogen (secondary N) is 1. The zero-order valence-corrected chi connectivity index (χ0v) is 12.6. The summed E-state index contributed by atoms with van der Waals surface area (Å²) in [5, 5.41) is 11.8. The Bertz CT molecular complexity index is 765. The van der Waals surface area contributed by atoms with Crippen molar-refractivity contribution in [2.24, 2.45) is 0 Å². The van der Waals surface area contributed by atoms with E-state index >= 15 is 0 Å². The van der Waals surface area contributed by atoms with E-state index in [0.29, 0.717) is 22.6 Å². The highest BCUT2D eigenvalue weighted by Crippen LogP contribution is 2.20. The van der Waals surface area contributed by atoms with Crippen LogP contribution in [0.2, 0.25) is 0 Å². The molecule has 1 amide bonds. The van der Waals surface area contributed by atoms with Gasteiger partial charge in [0.1, 0.15) is 5.75 Å². The number of aromatic carboxylic acids is 1. The minimum atomic E-state index is -1.05. The molecule has 0 unspecified atom stereocenters. The second kappa shape index (κ2) is 6.74. The number of carboxylic acid groups (broad SMARTS) is 1. The summed E-state index contributed by atoms with van der Waals surface area (Å²) in [6.07, 6.45) is 0. The van der Waals surface area contributed by atoms with Crippen LogP contribution in [0.4, 0.5) is 5.69 Å². The van der Waals surface area contributed by atoms with E-state index in [0.717, 1.165) is 0 Å². The first-order valence-corrected chi connectivity index (χ1v) is 6.81. The van der Waals surface area contributed by atoms with Gasteiger partial charge in [-0.1, -0.05) is 6.07 Å². The monoisotopic (exact) mass is 313 g/mol. The van der Waals surface area contributed by atoms with Gasteiger partial charge in [-0.3, -0.25) is 9.59 Å². The Morgan fingerprint density at radius 3 is 2.26 bits per heavy atom. The lowest BCUT2D eigenvalue weighted by Crippen LogP contribution is -2.14. The van der Waals surface area contributed by atoms with Gasteiger partial charge in [-0.25, -0.2) is 4.79 Å². The van der Waals surface area contributed by atoms with E-state index in [9.17, 15) is 14.4 Å². The summed E-state index contributed by atoms with van der Waals surface area (Å²) in [5.41, 5.74) is 1.40. The molecule has 0 aliphatic heterocycles. The van der Waals surface area contributed by atoms with E-state index in [4.69, 9.17) is 9.84 Å². The molecule has 2 rings (SSSR count). The topological polar surface area (TPSA) is 92.7 Å². The van der Waals surface area contributed by atoms with Gasteiger partial charge in [0.25, 0.3) is 5.91 Å². The molecule has 23 heavy (non-hydrogen) atoms. The summed E-state index contributed by atoms with van der Waals surface area (Å²) in [7, 11) is 0. The maximum absolute atomic E-state index is 12.2. The Labute approximate surface area is 132 Å². The number of amides is 1. The molecule has 0 heterocycles. The quantitative estimate of drug-likeness (QED) is 0.669.